The normalized spacial score (nSPS) is 16.9. The van der Waals surface area contributed by atoms with E-state index in [9.17, 15) is 23.1 Å². The van der Waals surface area contributed by atoms with E-state index in [-0.39, 0.29) is 36.9 Å². The molecule has 5 rings (SSSR count). The fraction of sp³-hybridized carbons (Fsp3) is 0.323. The molecule has 0 aliphatic carbocycles. The maximum absolute atomic E-state index is 13.8. The Morgan fingerprint density at radius 3 is 2.49 bits per heavy atom. The molecule has 0 spiro atoms. The zero-order valence-electron chi connectivity index (χ0n) is 23.9. The number of nitrogens with one attached hydrogen (secondary N) is 1. The lowest BCUT2D eigenvalue weighted by Crippen LogP contribution is -2.53. The van der Waals surface area contributed by atoms with E-state index in [1.807, 2.05) is 50.2 Å². The molecule has 1 aliphatic rings. The van der Waals surface area contributed by atoms with E-state index < -0.39 is 40.3 Å². The Morgan fingerprint density at radius 1 is 1.09 bits per heavy atom. The average molecular weight is 623 g/mol. The number of carbonyl (C=O) groups is 2. The van der Waals surface area contributed by atoms with Gasteiger partial charge in [0, 0.05) is 18.8 Å². The summed E-state index contributed by atoms with van der Waals surface area (Å²) in [6.45, 7) is 3.73. The zero-order chi connectivity index (χ0) is 30.6. The van der Waals surface area contributed by atoms with Crippen LogP contribution in [-0.2, 0) is 26.0 Å². The van der Waals surface area contributed by atoms with E-state index in [2.05, 4.69) is 10.3 Å². The minimum Gasteiger partial charge on any atom is -0.434 e. The van der Waals surface area contributed by atoms with Crippen molar-refractivity contribution in [3.8, 4) is 0 Å². The predicted octanol–water partition coefficient (Wildman–Crippen LogP) is 4.06. The van der Waals surface area contributed by atoms with Gasteiger partial charge in [-0.05, 0) is 48.2 Å². The number of nitrogens with zero attached hydrogens (tertiary/aromatic N) is 3. The van der Waals surface area contributed by atoms with Crippen LogP contribution in [0.4, 0.5) is 10.5 Å². The van der Waals surface area contributed by atoms with Gasteiger partial charge in [0.1, 0.15) is 0 Å². The van der Waals surface area contributed by atoms with Crippen LogP contribution in [0.1, 0.15) is 19.4 Å². The Kier molecular flexibility index (Phi) is 9.40. The van der Waals surface area contributed by atoms with E-state index in [1.165, 1.54) is 26.6 Å². The number of hydrogen-bond acceptors (Lipinski definition) is 8. The van der Waals surface area contributed by atoms with Crippen LogP contribution in [0.5, 0.6) is 0 Å². The molecular formula is C31H34N4O6S2. The van der Waals surface area contributed by atoms with Crippen molar-refractivity contribution in [2.45, 2.75) is 43.4 Å². The number of amides is 2. The van der Waals surface area contributed by atoms with Gasteiger partial charge in [0.05, 0.1) is 39.3 Å². The molecule has 1 fully saturated rings. The van der Waals surface area contributed by atoms with E-state index >= 15 is 0 Å². The Morgan fingerprint density at radius 2 is 1.79 bits per heavy atom. The Bertz CT molecular complexity index is 1660. The lowest BCUT2D eigenvalue weighted by Gasteiger charge is -2.31. The van der Waals surface area contributed by atoms with Crippen molar-refractivity contribution in [3.63, 3.8) is 0 Å². The highest BCUT2D eigenvalue weighted by molar-refractivity contribution is 7.89. The minimum absolute atomic E-state index is 0.0107. The highest BCUT2D eigenvalue weighted by Crippen LogP contribution is 2.26. The highest BCUT2D eigenvalue weighted by Gasteiger charge is 2.39. The van der Waals surface area contributed by atoms with Crippen molar-refractivity contribution < 1.29 is 27.9 Å². The molecule has 0 unspecified atom stereocenters. The molecular weight excluding hydrogens is 588 g/mol. The molecule has 0 saturated carbocycles. The lowest BCUT2D eigenvalue weighted by molar-refractivity contribution is -0.129. The van der Waals surface area contributed by atoms with Crippen LogP contribution in [0.3, 0.4) is 0 Å². The smallest absolute Gasteiger partial charge is 0.415 e. The molecule has 2 N–H and O–H groups in total. The Labute approximate surface area is 255 Å². The third-order valence-electron chi connectivity index (χ3n) is 7.16. The fourth-order valence-electron chi connectivity index (χ4n) is 5.00. The first-order valence-corrected chi connectivity index (χ1v) is 16.3. The molecule has 12 heteroatoms. The van der Waals surface area contributed by atoms with Gasteiger partial charge in [-0.25, -0.2) is 18.2 Å². The summed E-state index contributed by atoms with van der Waals surface area (Å²) in [6, 6.07) is 22.1. The van der Waals surface area contributed by atoms with E-state index in [4.69, 9.17) is 4.74 Å². The van der Waals surface area contributed by atoms with Crippen molar-refractivity contribution in [2.24, 2.45) is 5.92 Å². The van der Waals surface area contributed by atoms with Gasteiger partial charge >= 0.3 is 6.09 Å². The first-order valence-electron chi connectivity index (χ1n) is 14.0. The number of aromatic nitrogens is 1. The number of anilines is 1. The van der Waals surface area contributed by atoms with Crippen molar-refractivity contribution in [1.29, 1.82) is 0 Å². The highest BCUT2D eigenvalue weighted by atomic mass is 32.2. The topological polar surface area (TPSA) is 129 Å². The molecule has 2 heterocycles. The van der Waals surface area contributed by atoms with Crippen LogP contribution in [0.15, 0.2) is 89.3 Å². The molecule has 10 nitrogen and oxygen atoms in total. The van der Waals surface area contributed by atoms with Gasteiger partial charge in [0.25, 0.3) is 5.91 Å². The number of carbonyl (C=O) groups excluding carboxylic acids is 2. The van der Waals surface area contributed by atoms with E-state index in [1.54, 1.807) is 41.9 Å². The SMILES string of the molecule is CC(C)CN(C[C@@H](O)[C@H](Cc1ccccc1)NC(=O)[C@@H]1CN(c2ccccc2)C(=O)O1)S(=O)(=O)c1ccc2ncsc2c1. The lowest BCUT2D eigenvalue weighted by atomic mass is 10.0. The first kappa shape index (κ1) is 30.6. The van der Waals surface area contributed by atoms with Crippen molar-refractivity contribution in [3.05, 3.63) is 89.9 Å². The fourth-order valence-corrected chi connectivity index (χ4v) is 7.44. The number of aliphatic hydroxyl groups excluding tert-OH is 1. The predicted molar refractivity (Wildman–Crippen MR) is 165 cm³/mol. The van der Waals surface area contributed by atoms with Crippen LogP contribution in [-0.4, -0.2) is 72.7 Å². The van der Waals surface area contributed by atoms with E-state index in [0.717, 1.165) is 10.3 Å². The average Bonchev–Trinajstić information content (AvgIpc) is 3.63. The van der Waals surface area contributed by atoms with Crippen LogP contribution < -0.4 is 10.2 Å². The minimum atomic E-state index is -3.99. The van der Waals surface area contributed by atoms with Gasteiger partial charge in [-0.15, -0.1) is 11.3 Å². The number of ether oxygens (including phenoxy) is 1. The van der Waals surface area contributed by atoms with Crippen molar-refractivity contribution in [2.75, 3.05) is 24.5 Å². The second kappa shape index (κ2) is 13.2. The van der Waals surface area contributed by atoms with Crippen LogP contribution in [0.25, 0.3) is 10.2 Å². The molecule has 0 radical (unpaired) electrons. The number of aliphatic hydroxyl groups is 1. The van der Waals surface area contributed by atoms with Gasteiger partial charge in [-0.1, -0.05) is 62.4 Å². The van der Waals surface area contributed by atoms with Crippen molar-refractivity contribution in [1.82, 2.24) is 14.6 Å². The van der Waals surface area contributed by atoms with Crippen LogP contribution in [0, 0.1) is 5.92 Å². The second-order valence-corrected chi connectivity index (χ2v) is 13.7. The third-order valence-corrected chi connectivity index (χ3v) is 9.78. The molecule has 1 aromatic heterocycles. The molecule has 3 aromatic carbocycles. The summed E-state index contributed by atoms with van der Waals surface area (Å²) < 4.78 is 35.1. The largest absolute Gasteiger partial charge is 0.434 e. The van der Waals surface area contributed by atoms with Gasteiger partial charge in [-0.3, -0.25) is 9.69 Å². The molecule has 226 valence electrons. The maximum atomic E-state index is 13.8. The Balaban J connectivity index is 1.37. The molecule has 1 saturated heterocycles. The summed E-state index contributed by atoms with van der Waals surface area (Å²) in [6.07, 6.45) is -2.77. The van der Waals surface area contributed by atoms with Crippen LogP contribution >= 0.6 is 11.3 Å². The van der Waals surface area contributed by atoms with Crippen LogP contribution in [0.2, 0.25) is 0 Å². The molecule has 4 aromatic rings. The summed E-state index contributed by atoms with van der Waals surface area (Å²) in [5.41, 5.74) is 3.82. The zero-order valence-corrected chi connectivity index (χ0v) is 25.5. The summed E-state index contributed by atoms with van der Waals surface area (Å²) in [5, 5.41) is 14.4. The monoisotopic (exact) mass is 622 g/mol. The van der Waals surface area contributed by atoms with Crippen molar-refractivity contribution >= 4 is 49.3 Å². The number of hydrogen-bond donors (Lipinski definition) is 2. The molecule has 43 heavy (non-hydrogen) atoms. The number of sulfonamides is 1. The molecule has 0 bridgehead atoms. The first-order chi connectivity index (χ1) is 20.6. The quantitative estimate of drug-likeness (QED) is 0.244. The molecule has 2 amide bonds. The number of fused-ring (bicyclic) bond motifs is 1. The third kappa shape index (κ3) is 7.21. The number of cyclic esters (lactones) is 1. The number of thiazole rings is 1. The van der Waals surface area contributed by atoms with Gasteiger partial charge in [-0.2, -0.15) is 4.31 Å². The number of para-hydroxylation sites is 1. The summed E-state index contributed by atoms with van der Waals surface area (Å²) in [7, 11) is -3.99. The Hall–Kier alpha value is -3.84. The van der Waals surface area contributed by atoms with Gasteiger partial charge < -0.3 is 15.2 Å². The van der Waals surface area contributed by atoms with Gasteiger partial charge in [0.15, 0.2) is 6.10 Å². The molecule has 1 aliphatic heterocycles. The second-order valence-electron chi connectivity index (χ2n) is 10.9. The van der Waals surface area contributed by atoms with E-state index in [0.29, 0.717) is 11.2 Å². The standard InChI is InChI=1S/C31H34N4O6S2/c1-21(2)17-34(43(39,40)24-13-14-25-29(16-24)42-20-32-25)18-27(36)26(15-22-9-5-3-6-10-22)33-30(37)28-19-35(31(38)41-28)23-11-7-4-8-12-23/h3-14,16,20-21,26-28,36H,15,17-19H2,1-2H3,(H,33,37)/t26-,27+,28-/m0/s1. The number of rotatable bonds is 12. The summed E-state index contributed by atoms with van der Waals surface area (Å²) in [5.74, 6) is -0.598. The number of benzene rings is 3. The summed E-state index contributed by atoms with van der Waals surface area (Å²) in [4.78, 5) is 31.7. The maximum Gasteiger partial charge on any atom is 0.415 e. The van der Waals surface area contributed by atoms with Gasteiger partial charge in [0.2, 0.25) is 10.0 Å². The molecule has 3 atom stereocenters. The summed E-state index contributed by atoms with van der Waals surface area (Å²) >= 11 is 1.35.